The summed E-state index contributed by atoms with van der Waals surface area (Å²) in [4.78, 5) is 12.7. The van der Waals surface area contributed by atoms with E-state index < -0.39 is 11.7 Å². The van der Waals surface area contributed by atoms with E-state index in [1.165, 1.54) is 17.3 Å². The number of aryl methyl sites for hydroxylation is 1. The fourth-order valence-corrected chi connectivity index (χ4v) is 4.95. The Bertz CT molecular complexity index is 1150. The van der Waals surface area contributed by atoms with Gasteiger partial charge in [0.2, 0.25) is 0 Å². The Kier molecular flexibility index (Phi) is 7.39. The molecule has 0 spiro atoms. The van der Waals surface area contributed by atoms with E-state index in [9.17, 15) is 13.2 Å². The van der Waals surface area contributed by atoms with Crippen molar-refractivity contribution in [1.82, 2.24) is 9.97 Å². The van der Waals surface area contributed by atoms with Crippen LogP contribution in [-0.4, -0.2) is 48.3 Å². The summed E-state index contributed by atoms with van der Waals surface area (Å²) < 4.78 is 44.8. The smallest absolute Gasteiger partial charge is 0.417 e. The molecule has 1 N–H and O–H groups in total. The number of benzene rings is 1. The molecule has 2 aromatic heterocycles. The van der Waals surface area contributed by atoms with E-state index in [-0.39, 0.29) is 6.10 Å². The van der Waals surface area contributed by atoms with Gasteiger partial charge in [-0.05, 0) is 62.9 Å². The van der Waals surface area contributed by atoms with E-state index in [0.29, 0.717) is 38.0 Å². The summed E-state index contributed by atoms with van der Waals surface area (Å²) in [5.74, 6) is 2.24. The molecule has 2 aliphatic rings. The van der Waals surface area contributed by atoms with Crippen LogP contribution in [0.25, 0.3) is 0 Å². The highest BCUT2D eigenvalue weighted by molar-refractivity contribution is 5.48. The maximum absolute atomic E-state index is 12.8. The van der Waals surface area contributed by atoms with Crippen molar-refractivity contribution >= 4 is 17.3 Å². The van der Waals surface area contributed by atoms with Gasteiger partial charge in [-0.3, -0.25) is 0 Å². The second-order valence-electron chi connectivity index (χ2n) is 9.83. The third kappa shape index (κ3) is 6.45. The first-order chi connectivity index (χ1) is 17.8. The van der Waals surface area contributed by atoms with E-state index in [4.69, 9.17) is 4.74 Å². The predicted octanol–water partition coefficient (Wildman–Crippen LogP) is 5.93. The van der Waals surface area contributed by atoms with Crippen LogP contribution in [0.15, 0.2) is 60.9 Å². The Morgan fingerprint density at radius 2 is 1.51 bits per heavy atom. The van der Waals surface area contributed by atoms with Crippen LogP contribution in [0.4, 0.5) is 30.5 Å². The Hall–Kier alpha value is -3.49. The van der Waals surface area contributed by atoms with Gasteiger partial charge in [0, 0.05) is 56.4 Å². The minimum absolute atomic E-state index is 0.189. The number of piperazine rings is 1. The highest BCUT2D eigenvalue weighted by Gasteiger charge is 2.31. The minimum Gasteiger partial charge on any atom is -0.490 e. The molecule has 1 aliphatic carbocycles. The average Bonchev–Trinajstić information content (AvgIpc) is 2.91. The lowest BCUT2D eigenvalue weighted by atomic mass is 9.92. The molecule has 1 aromatic carbocycles. The predicted molar refractivity (Wildman–Crippen MR) is 139 cm³/mol. The number of rotatable bonds is 6. The molecule has 1 aliphatic heterocycles. The molecule has 3 heterocycles. The third-order valence-electron chi connectivity index (χ3n) is 7.12. The van der Waals surface area contributed by atoms with E-state index in [1.54, 1.807) is 6.20 Å². The zero-order valence-corrected chi connectivity index (χ0v) is 20.9. The molecule has 37 heavy (non-hydrogen) atoms. The summed E-state index contributed by atoms with van der Waals surface area (Å²) in [5.41, 5.74) is 1.70. The zero-order valence-electron chi connectivity index (χ0n) is 20.9. The molecule has 5 rings (SSSR count). The molecular formula is C28H32F3N5O. The highest BCUT2D eigenvalue weighted by atomic mass is 19.4. The lowest BCUT2D eigenvalue weighted by Crippen LogP contribution is -2.47. The fourth-order valence-electron chi connectivity index (χ4n) is 4.95. The minimum atomic E-state index is -4.37. The second-order valence-corrected chi connectivity index (χ2v) is 9.83. The normalized spacial score (nSPS) is 20.5. The molecule has 0 radical (unpaired) electrons. The lowest BCUT2D eigenvalue weighted by Gasteiger charge is -2.36. The topological polar surface area (TPSA) is 53.5 Å². The van der Waals surface area contributed by atoms with Crippen molar-refractivity contribution in [1.29, 1.82) is 0 Å². The van der Waals surface area contributed by atoms with Crippen molar-refractivity contribution < 1.29 is 17.9 Å². The fraction of sp³-hybridized carbons (Fsp3) is 0.429. The monoisotopic (exact) mass is 511 g/mol. The number of nitrogens with one attached hydrogen (secondary N) is 1. The Balaban J connectivity index is 1.10. The zero-order chi connectivity index (χ0) is 25.8. The molecular weight excluding hydrogens is 479 g/mol. The standard InChI is InChI=1S/C28H32F3N5O/c1-20-2-5-22(6-3-20)34-23-7-9-24(10-8-23)37-25-12-13-32-27(18-25)36-16-14-35(15-17-36)26-11-4-21(19-33-26)28(29,30)31/h2-6,11-13,18-19,23-24,34H,7-10,14-17H2,1H3. The van der Waals surface area contributed by atoms with Crippen LogP contribution >= 0.6 is 0 Å². The van der Waals surface area contributed by atoms with Crippen LogP contribution in [0.2, 0.25) is 0 Å². The molecule has 0 atom stereocenters. The number of nitrogens with zero attached hydrogens (tertiary/aromatic N) is 4. The third-order valence-corrected chi connectivity index (χ3v) is 7.12. The van der Waals surface area contributed by atoms with Gasteiger partial charge in [-0.2, -0.15) is 13.2 Å². The van der Waals surface area contributed by atoms with E-state index in [1.807, 2.05) is 17.0 Å². The SMILES string of the molecule is Cc1ccc(NC2CCC(Oc3ccnc(N4CCN(c5ccc(C(F)(F)F)cn5)CC4)c3)CC2)cc1. The number of hydrogen-bond donors (Lipinski definition) is 1. The lowest BCUT2D eigenvalue weighted by molar-refractivity contribution is -0.137. The number of hydrogen-bond acceptors (Lipinski definition) is 6. The first-order valence-corrected chi connectivity index (χ1v) is 12.8. The largest absolute Gasteiger partial charge is 0.490 e. The summed E-state index contributed by atoms with van der Waals surface area (Å²) in [7, 11) is 0. The van der Waals surface area contributed by atoms with Crippen molar-refractivity contribution in [3.05, 3.63) is 72.1 Å². The van der Waals surface area contributed by atoms with Crippen molar-refractivity contribution in [3.63, 3.8) is 0 Å². The van der Waals surface area contributed by atoms with Crippen LogP contribution in [0.3, 0.4) is 0 Å². The summed E-state index contributed by atoms with van der Waals surface area (Å²) in [6.45, 7) is 4.81. The molecule has 3 aromatic rings. The van der Waals surface area contributed by atoms with Crippen LogP contribution in [0.1, 0.15) is 36.8 Å². The Morgan fingerprint density at radius 1 is 0.838 bits per heavy atom. The number of aromatic nitrogens is 2. The van der Waals surface area contributed by atoms with Gasteiger partial charge in [0.05, 0.1) is 11.7 Å². The molecule has 9 heteroatoms. The maximum atomic E-state index is 12.8. The molecule has 2 fully saturated rings. The quantitative estimate of drug-likeness (QED) is 0.443. The van der Waals surface area contributed by atoms with Gasteiger partial charge in [0.1, 0.15) is 17.4 Å². The molecule has 0 bridgehead atoms. The van der Waals surface area contributed by atoms with Crippen LogP contribution in [0.5, 0.6) is 5.75 Å². The van der Waals surface area contributed by atoms with Crippen LogP contribution in [0, 0.1) is 6.92 Å². The number of anilines is 3. The number of alkyl halides is 3. The van der Waals surface area contributed by atoms with Gasteiger partial charge in [0.25, 0.3) is 0 Å². The molecule has 6 nitrogen and oxygen atoms in total. The molecule has 1 saturated carbocycles. The van der Waals surface area contributed by atoms with E-state index >= 15 is 0 Å². The van der Waals surface area contributed by atoms with Gasteiger partial charge in [-0.1, -0.05) is 17.7 Å². The number of halogens is 3. The van der Waals surface area contributed by atoms with Crippen molar-refractivity contribution in [2.75, 3.05) is 41.3 Å². The van der Waals surface area contributed by atoms with Crippen molar-refractivity contribution in [2.45, 2.75) is 50.9 Å². The van der Waals surface area contributed by atoms with Gasteiger partial charge < -0.3 is 19.9 Å². The summed E-state index contributed by atoms with van der Waals surface area (Å²) in [6.07, 6.45) is 2.62. The summed E-state index contributed by atoms with van der Waals surface area (Å²) >= 11 is 0. The first kappa shape index (κ1) is 25.2. The average molecular weight is 512 g/mol. The first-order valence-electron chi connectivity index (χ1n) is 12.8. The van der Waals surface area contributed by atoms with Gasteiger partial charge in [0.15, 0.2) is 0 Å². The van der Waals surface area contributed by atoms with Crippen molar-refractivity contribution in [2.24, 2.45) is 0 Å². The van der Waals surface area contributed by atoms with Gasteiger partial charge >= 0.3 is 6.18 Å². The van der Waals surface area contributed by atoms with Crippen molar-refractivity contribution in [3.8, 4) is 5.75 Å². The molecule has 0 amide bonds. The van der Waals surface area contributed by atoms with E-state index in [2.05, 4.69) is 51.4 Å². The summed E-state index contributed by atoms with van der Waals surface area (Å²) in [6, 6.07) is 15.4. The van der Waals surface area contributed by atoms with Gasteiger partial charge in [-0.15, -0.1) is 0 Å². The number of pyridine rings is 2. The molecule has 196 valence electrons. The molecule has 0 unspecified atom stereocenters. The Morgan fingerprint density at radius 3 is 2.14 bits per heavy atom. The highest BCUT2D eigenvalue weighted by Crippen LogP contribution is 2.30. The van der Waals surface area contributed by atoms with Gasteiger partial charge in [-0.25, -0.2) is 9.97 Å². The number of ether oxygens (including phenoxy) is 1. The Labute approximate surface area is 215 Å². The van der Waals surface area contributed by atoms with Crippen LogP contribution in [-0.2, 0) is 6.18 Å². The van der Waals surface area contributed by atoms with Crippen LogP contribution < -0.4 is 19.9 Å². The molecule has 1 saturated heterocycles. The second kappa shape index (κ2) is 10.9. The maximum Gasteiger partial charge on any atom is 0.417 e. The van der Waals surface area contributed by atoms with E-state index in [0.717, 1.165) is 49.5 Å². The summed E-state index contributed by atoms with van der Waals surface area (Å²) in [5, 5.41) is 3.64.